The van der Waals surface area contributed by atoms with Gasteiger partial charge in [-0.3, -0.25) is 0 Å². The second kappa shape index (κ2) is 3.76. The Labute approximate surface area is 97.9 Å². The summed E-state index contributed by atoms with van der Waals surface area (Å²) in [5.74, 6) is 0. The Bertz CT molecular complexity index is 685. The van der Waals surface area contributed by atoms with Gasteiger partial charge >= 0.3 is 97.6 Å². The van der Waals surface area contributed by atoms with Crippen LogP contribution < -0.4 is 5.46 Å². The molecule has 1 nitrogen and oxygen atoms in total. The molecule has 0 aliphatic heterocycles. The number of rotatable bonds is 1. The van der Waals surface area contributed by atoms with Gasteiger partial charge in [-0.1, -0.05) is 0 Å². The summed E-state index contributed by atoms with van der Waals surface area (Å²) in [6.45, 7) is 1.73. The summed E-state index contributed by atoms with van der Waals surface area (Å²) in [5, 5.41) is 11.4. The molecule has 0 fully saturated rings. The van der Waals surface area contributed by atoms with Crippen molar-refractivity contribution in [2.75, 3.05) is 0 Å². The quantitative estimate of drug-likeness (QED) is 0.629. The number of benzene rings is 2. The van der Waals surface area contributed by atoms with Gasteiger partial charge in [0.15, 0.2) is 0 Å². The van der Waals surface area contributed by atoms with Crippen molar-refractivity contribution in [2.24, 2.45) is 0 Å². The average molecular weight is 224 g/mol. The standard InChI is InChI=1S/C13H9BOS/c15-8-14-11-6-3-5-10-9-4-1-2-7-12(9)16-13(10)11/h1-8,15H. The molecular weight excluding hydrogens is 215 g/mol. The molecule has 0 aliphatic rings. The summed E-state index contributed by atoms with van der Waals surface area (Å²) in [7, 11) is 0. The van der Waals surface area contributed by atoms with Crippen LogP contribution in [0.2, 0.25) is 0 Å². The molecule has 76 valence electrons. The zero-order chi connectivity index (χ0) is 11.0. The van der Waals surface area contributed by atoms with E-state index in [1.807, 2.05) is 12.1 Å². The monoisotopic (exact) mass is 224 g/mol. The van der Waals surface area contributed by atoms with Crippen molar-refractivity contribution >= 4 is 50.0 Å². The summed E-state index contributed by atoms with van der Waals surface area (Å²) >= 11 is 1.77. The van der Waals surface area contributed by atoms with Crippen molar-refractivity contribution in [3.63, 3.8) is 0 Å². The molecule has 0 spiro atoms. The Hall–Kier alpha value is -1.61. The molecule has 1 N–H and O–H groups in total. The first-order valence-electron chi connectivity index (χ1n) is 5.11. The van der Waals surface area contributed by atoms with Crippen molar-refractivity contribution in [2.45, 2.75) is 0 Å². The van der Waals surface area contributed by atoms with Crippen molar-refractivity contribution in [3.8, 4) is 0 Å². The Morgan fingerprint density at radius 2 is 1.81 bits per heavy atom. The van der Waals surface area contributed by atoms with E-state index in [0.29, 0.717) is 0 Å². The van der Waals surface area contributed by atoms with Crippen LogP contribution in [0.15, 0.2) is 42.5 Å². The molecule has 0 radical (unpaired) electrons. The molecular formula is C13H9BOS. The number of aliphatic hydroxyl groups excluding tert-OH is 1. The van der Waals surface area contributed by atoms with E-state index in [2.05, 4.69) is 30.3 Å². The molecule has 0 saturated carbocycles. The van der Waals surface area contributed by atoms with Crippen molar-refractivity contribution in [3.05, 3.63) is 42.5 Å². The number of hydrogen-bond acceptors (Lipinski definition) is 2. The van der Waals surface area contributed by atoms with E-state index in [4.69, 9.17) is 5.11 Å². The molecule has 2 aromatic carbocycles. The van der Waals surface area contributed by atoms with E-state index < -0.39 is 0 Å². The molecule has 16 heavy (non-hydrogen) atoms. The Balaban J connectivity index is 2.48. The van der Waals surface area contributed by atoms with Gasteiger partial charge < -0.3 is 0 Å². The predicted molar refractivity (Wildman–Crippen MR) is 72.7 cm³/mol. The van der Waals surface area contributed by atoms with Gasteiger partial charge in [0.25, 0.3) is 0 Å². The number of hydrogen-bond donors (Lipinski definition) is 1. The normalized spacial score (nSPS) is 11.2. The molecule has 1 aromatic heterocycles. The second-order valence-corrected chi connectivity index (χ2v) is 4.69. The molecule has 0 bridgehead atoms. The summed E-state index contributed by atoms with van der Waals surface area (Å²) in [5.41, 5.74) is 1.07. The van der Waals surface area contributed by atoms with Crippen molar-refractivity contribution in [1.82, 2.24) is 0 Å². The Morgan fingerprint density at radius 3 is 2.69 bits per heavy atom. The van der Waals surface area contributed by atoms with E-state index >= 15 is 0 Å². The number of thiophene rings is 1. The van der Waals surface area contributed by atoms with Crippen LogP contribution in [0, 0.1) is 0 Å². The maximum atomic E-state index is 8.88. The van der Waals surface area contributed by atoms with Gasteiger partial charge in [-0.25, -0.2) is 0 Å². The topological polar surface area (TPSA) is 20.2 Å². The van der Waals surface area contributed by atoms with E-state index in [0.717, 1.165) is 11.6 Å². The summed E-state index contributed by atoms with van der Waals surface area (Å²) in [6.07, 6.45) is 1.10. The van der Waals surface area contributed by atoms with Gasteiger partial charge in [-0.2, -0.15) is 0 Å². The summed E-state index contributed by atoms with van der Waals surface area (Å²) < 4.78 is 2.52. The first-order chi connectivity index (χ1) is 7.90. The van der Waals surface area contributed by atoms with Gasteiger partial charge in [0.2, 0.25) is 0 Å². The molecule has 1 heterocycles. The van der Waals surface area contributed by atoms with Gasteiger partial charge in [-0.05, 0) is 0 Å². The molecule has 3 aromatic rings. The van der Waals surface area contributed by atoms with Crippen LogP contribution in [-0.4, -0.2) is 18.2 Å². The van der Waals surface area contributed by atoms with Gasteiger partial charge in [0.1, 0.15) is 0 Å². The molecule has 0 saturated heterocycles. The van der Waals surface area contributed by atoms with E-state index in [1.54, 1.807) is 18.3 Å². The average Bonchev–Trinajstić information content (AvgIpc) is 2.69. The molecule has 3 rings (SSSR count). The molecule has 0 atom stereocenters. The third-order valence-electron chi connectivity index (χ3n) is 2.69. The van der Waals surface area contributed by atoms with Crippen LogP contribution in [0.3, 0.4) is 0 Å². The SMILES string of the molecule is OC=Bc1cccc2c1sc1ccccc12. The maximum absolute atomic E-state index is 8.88. The fourth-order valence-corrected chi connectivity index (χ4v) is 3.18. The second-order valence-electron chi connectivity index (χ2n) is 3.64. The fraction of sp³-hybridized carbons (Fsp3) is 0. The fourth-order valence-electron chi connectivity index (χ4n) is 1.98. The van der Waals surface area contributed by atoms with Crippen LogP contribution in [-0.2, 0) is 0 Å². The molecule has 3 heteroatoms. The van der Waals surface area contributed by atoms with Crippen LogP contribution in [0.1, 0.15) is 0 Å². The molecule has 0 amide bonds. The third kappa shape index (κ3) is 1.36. The van der Waals surface area contributed by atoms with Gasteiger partial charge in [0.05, 0.1) is 0 Å². The first kappa shape index (κ1) is 9.61. The van der Waals surface area contributed by atoms with Gasteiger partial charge in [0, 0.05) is 0 Å². The van der Waals surface area contributed by atoms with Gasteiger partial charge in [-0.15, -0.1) is 0 Å². The number of fused-ring (bicyclic) bond motifs is 3. The summed E-state index contributed by atoms with van der Waals surface area (Å²) in [6, 6.07) is 14.6. The van der Waals surface area contributed by atoms with Crippen LogP contribution in [0.5, 0.6) is 0 Å². The first-order valence-corrected chi connectivity index (χ1v) is 5.93. The molecule has 0 unspecified atom stereocenters. The Kier molecular flexibility index (Phi) is 2.26. The van der Waals surface area contributed by atoms with Crippen LogP contribution in [0.25, 0.3) is 20.2 Å². The number of aliphatic hydroxyl groups is 1. The van der Waals surface area contributed by atoms with Crippen LogP contribution in [0.4, 0.5) is 0 Å². The van der Waals surface area contributed by atoms with Crippen LogP contribution >= 0.6 is 11.3 Å². The molecule has 0 aliphatic carbocycles. The van der Waals surface area contributed by atoms with E-state index in [9.17, 15) is 0 Å². The minimum atomic E-state index is 1.07. The zero-order valence-corrected chi connectivity index (χ0v) is 9.37. The minimum absolute atomic E-state index is 1.07. The summed E-state index contributed by atoms with van der Waals surface area (Å²) in [4.78, 5) is 0. The zero-order valence-electron chi connectivity index (χ0n) is 8.55. The van der Waals surface area contributed by atoms with E-state index in [1.165, 1.54) is 20.2 Å². The predicted octanol–water partition coefficient (Wildman–Crippen LogP) is 2.52. The van der Waals surface area contributed by atoms with Crippen molar-refractivity contribution in [1.29, 1.82) is 0 Å². The third-order valence-corrected chi connectivity index (χ3v) is 3.92. The Morgan fingerprint density at radius 1 is 1.00 bits per heavy atom. The van der Waals surface area contributed by atoms with Crippen molar-refractivity contribution < 1.29 is 5.11 Å². The van der Waals surface area contributed by atoms with E-state index in [-0.39, 0.29) is 0 Å².